The van der Waals surface area contributed by atoms with E-state index in [1.807, 2.05) is 6.92 Å². The summed E-state index contributed by atoms with van der Waals surface area (Å²) in [5.41, 5.74) is 0. The first-order chi connectivity index (χ1) is 8.97. The van der Waals surface area contributed by atoms with E-state index in [0.29, 0.717) is 37.8 Å². The van der Waals surface area contributed by atoms with Crippen molar-refractivity contribution in [2.45, 2.75) is 31.5 Å². The van der Waals surface area contributed by atoms with Gasteiger partial charge in [0.1, 0.15) is 16.4 Å². The third-order valence-electron chi connectivity index (χ3n) is 2.71. The van der Waals surface area contributed by atoms with E-state index < -0.39 is 10.0 Å². The van der Waals surface area contributed by atoms with Crippen LogP contribution >= 0.6 is 11.6 Å². The third-order valence-corrected chi connectivity index (χ3v) is 5.06. The van der Waals surface area contributed by atoms with Crippen LogP contribution in [-0.4, -0.2) is 39.0 Å². The fraction of sp³-hybridized carbons (Fsp3) is 0.667. The Morgan fingerprint density at radius 2 is 2.11 bits per heavy atom. The van der Waals surface area contributed by atoms with Crippen LogP contribution < -0.4 is 0 Å². The Balaban J connectivity index is 2.96. The van der Waals surface area contributed by atoms with Crippen molar-refractivity contribution in [1.82, 2.24) is 4.31 Å². The van der Waals surface area contributed by atoms with Crippen molar-refractivity contribution in [2.75, 3.05) is 26.3 Å². The van der Waals surface area contributed by atoms with Crippen molar-refractivity contribution in [3.05, 3.63) is 17.6 Å². The van der Waals surface area contributed by atoms with Crippen LogP contribution in [0.15, 0.2) is 15.4 Å². The predicted molar refractivity (Wildman–Crippen MR) is 73.9 cm³/mol. The largest absolute Gasteiger partial charge is 0.464 e. The lowest BCUT2D eigenvalue weighted by Gasteiger charge is -2.19. The molecule has 0 fully saturated rings. The summed E-state index contributed by atoms with van der Waals surface area (Å²) in [5, 5.41) is 0. The SMILES string of the molecule is CCOCCN(CC)S(=O)(=O)c1cc(CCl)oc1C. The maximum Gasteiger partial charge on any atom is 0.246 e. The highest BCUT2D eigenvalue weighted by Crippen LogP contribution is 2.24. The van der Waals surface area contributed by atoms with E-state index >= 15 is 0 Å². The minimum atomic E-state index is -3.55. The molecule has 0 N–H and O–H groups in total. The second-order valence-electron chi connectivity index (χ2n) is 3.96. The first-order valence-electron chi connectivity index (χ1n) is 6.20. The summed E-state index contributed by atoms with van der Waals surface area (Å²) >= 11 is 5.66. The molecule has 1 aromatic rings. The van der Waals surface area contributed by atoms with Crippen molar-refractivity contribution in [3.8, 4) is 0 Å². The molecular weight excluding hydrogens is 290 g/mol. The second-order valence-corrected chi connectivity index (χ2v) is 6.13. The standard InChI is InChI=1S/C12H20ClNO4S/c1-4-14(6-7-17-5-2)19(15,16)12-8-11(9-13)18-10(12)3/h8H,4-7,9H2,1-3H3. The van der Waals surface area contributed by atoms with Crippen LogP contribution in [0.1, 0.15) is 25.4 Å². The molecule has 0 aromatic carbocycles. The summed E-state index contributed by atoms with van der Waals surface area (Å²) in [6, 6.07) is 1.49. The highest BCUT2D eigenvalue weighted by Gasteiger charge is 2.27. The molecule has 1 aromatic heterocycles. The van der Waals surface area contributed by atoms with Crippen LogP contribution in [0.25, 0.3) is 0 Å². The van der Waals surface area contributed by atoms with Crippen LogP contribution in [0.2, 0.25) is 0 Å². The number of nitrogens with zero attached hydrogens (tertiary/aromatic N) is 1. The van der Waals surface area contributed by atoms with Crippen LogP contribution in [0, 0.1) is 6.92 Å². The zero-order valence-electron chi connectivity index (χ0n) is 11.5. The monoisotopic (exact) mass is 309 g/mol. The average Bonchev–Trinajstić information content (AvgIpc) is 2.76. The molecule has 0 amide bonds. The number of furan rings is 1. The van der Waals surface area contributed by atoms with E-state index in [2.05, 4.69) is 0 Å². The molecule has 0 radical (unpaired) electrons. The third kappa shape index (κ3) is 3.95. The first-order valence-corrected chi connectivity index (χ1v) is 8.18. The Morgan fingerprint density at radius 3 is 2.58 bits per heavy atom. The molecule has 5 nitrogen and oxygen atoms in total. The Kier molecular flexibility index (Phi) is 6.32. The zero-order chi connectivity index (χ0) is 14.5. The molecule has 0 spiro atoms. The molecule has 0 saturated heterocycles. The maximum absolute atomic E-state index is 12.5. The van der Waals surface area contributed by atoms with Gasteiger partial charge in [-0.1, -0.05) is 6.92 Å². The first kappa shape index (κ1) is 16.5. The van der Waals surface area contributed by atoms with Crippen LogP contribution in [0.5, 0.6) is 0 Å². The predicted octanol–water partition coefficient (Wildman–Crippen LogP) is 2.37. The molecule has 0 unspecified atom stereocenters. The van der Waals surface area contributed by atoms with Gasteiger partial charge in [-0.05, 0) is 13.8 Å². The molecule has 0 saturated carbocycles. The van der Waals surface area contributed by atoms with Gasteiger partial charge < -0.3 is 9.15 Å². The Bertz CT molecular complexity index is 498. The lowest BCUT2D eigenvalue weighted by molar-refractivity contribution is 0.135. The number of rotatable bonds is 8. The fourth-order valence-electron chi connectivity index (χ4n) is 1.74. The van der Waals surface area contributed by atoms with Crippen molar-refractivity contribution >= 4 is 21.6 Å². The quantitative estimate of drug-likeness (QED) is 0.546. The summed E-state index contributed by atoms with van der Waals surface area (Å²) in [4.78, 5) is 0.182. The number of sulfonamides is 1. The van der Waals surface area contributed by atoms with E-state index in [1.54, 1.807) is 13.8 Å². The Morgan fingerprint density at radius 1 is 1.42 bits per heavy atom. The molecular formula is C12H20ClNO4S. The van der Waals surface area contributed by atoms with E-state index in [-0.39, 0.29) is 10.8 Å². The highest BCUT2D eigenvalue weighted by atomic mass is 35.5. The van der Waals surface area contributed by atoms with Crippen LogP contribution in [-0.2, 0) is 20.6 Å². The Hall–Kier alpha value is -0.560. The van der Waals surface area contributed by atoms with Crippen LogP contribution in [0.4, 0.5) is 0 Å². The number of likely N-dealkylation sites (N-methyl/N-ethyl adjacent to an activating group) is 1. The molecule has 0 aliphatic heterocycles. The summed E-state index contributed by atoms with van der Waals surface area (Å²) in [7, 11) is -3.55. The number of alkyl halides is 1. The van der Waals surface area contributed by atoms with Gasteiger partial charge in [-0.3, -0.25) is 0 Å². The van der Waals surface area contributed by atoms with Crippen molar-refractivity contribution in [3.63, 3.8) is 0 Å². The van der Waals surface area contributed by atoms with Gasteiger partial charge in [-0.2, -0.15) is 4.31 Å². The van der Waals surface area contributed by atoms with Gasteiger partial charge in [0.25, 0.3) is 0 Å². The second kappa shape index (κ2) is 7.28. The maximum atomic E-state index is 12.5. The normalized spacial score (nSPS) is 12.3. The average molecular weight is 310 g/mol. The van der Waals surface area contributed by atoms with E-state index in [1.165, 1.54) is 10.4 Å². The smallest absolute Gasteiger partial charge is 0.246 e. The van der Waals surface area contributed by atoms with Crippen molar-refractivity contribution in [2.24, 2.45) is 0 Å². The van der Waals surface area contributed by atoms with Gasteiger partial charge >= 0.3 is 0 Å². The molecule has 19 heavy (non-hydrogen) atoms. The molecule has 110 valence electrons. The lowest BCUT2D eigenvalue weighted by Crippen LogP contribution is -2.34. The number of aryl methyl sites for hydroxylation is 1. The highest BCUT2D eigenvalue weighted by molar-refractivity contribution is 7.89. The number of halogens is 1. The van der Waals surface area contributed by atoms with E-state index in [9.17, 15) is 8.42 Å². The van der Waals surface area contributed by atoms with Gasteiger partial charge in [0, 0.05) is 25.8 Å². The molecule has 1 heterocycles. The van der Waals surface area contributed by atoms with Crippen molar-refractivity contribution < 1.29 is 17.6 Å². The van der Waals surface area contributed by atoms with E-state index in [4.69, 9.17) is 20.8 Å². The molecule has 1 rings (SSSR count). The Labute approximate surface area is 119 Å². The zero-order valence-corrected chi connectivity index (χ0v) is 13.1. The number of hydrogen-bond donors (Lipinski definition) is 0. The minimum Gasteiger partial charge on any atom is -0.464 e. The minimum absolute atomic E-state index is 0.154. The molecule has 7 heteroatoms. The number of ether oxygens (including phenoxy) is 1. The lowest BCUT2D eigenvalue weighted by atomic mass is 10.4. The number of hydrogen-bond acceptors (Lipinski definition) is 4. The summed E-state index contributed by atoms with van der Waals surface area (Å²) < 4.78 is 36.8. The van der Waals surface area contributed by atoms with Gasteiger partial charge in [-0.15, -0.1) is 11.6 Å². The molecule has 0 aliphatic carbocycles. The fourth-order valence-corrected chi connectivity index (χ4v) is 3.49. The van der Waals surface area contributed by atoms with Gasteiger partial charge in [0.15, 0.2) is 0 Å². The van der Waals surface area contributed by atoms with Crippen molar-refractivity contribution in [1.29, 1.82) is 0 Å². The van der Waals surface area contributed by atoms with Gasteiger partial charge in [0.05, 0.1) is 12.5 Å². The summed E-state index contributed by atoms with van der Waals surface area (Å²) in [6.45, 7) is 6.95. The topological polar surface area (TPSA) is 59.8 Å². The molecule has 0 atom stereocenters. The van der Waals surface area contributed by atoms with Gasteiger partial charge in [0.2, 0.25) is 10.0 Å². The summed E-state index contributed by atoms with van der Waals surface area (Å²) in [6.07, 6.45) is 0. The van der Waals surface area contributed by atoms with E-state index in [0.717, 1.165) is 0 Å². The van der Waals surface area contributed by atoms with Crippen LogP contribution in [0.3, 0.4) is 0 Å². The summed E-state index contributed by atoms with van der Waals surface area (Å²) in [5.74, 6) is 0.977. The van der Waals surface area contributed by atoms with Gasteiger partial charge in [-0.25, -0.2) is 8.42 Å². The molecule has 0 aliphatic rings. The molecule has 0 bridgehead atoms.